The Morgan fingerprint density at radius 1 is 0.962 bits per heavy atom. The van der Waals surface area contributed by atoms with E-state index < -0.39 is 0 Å². The molecule has 1 saturated heterocycles. The van der Waals surface area contributed by atoms with Crippen LogP contribution in [0.3, 0.4) is 0 Å². The Morgan fingerprint density at radius 2 is 1.54 bits per heavy atom. The largest absolute Gasteiger partial charge is 0.399 e. The molecule has 26 heavy (non-hydrogen) atoms. The van der Waals surface area contributed by atoms with E-state index in [1.807, 2.05) is 0 Å². The van der Waals surface area contributed by atoms with Crippen LogP contribution in [-0.4, -0.2) is 11.7 Å². The number of aliphatic imine (C=N–C) groups is 1. The molecule has 1 aliphatic rings. The monoisotopic (exact) mass is 470 g/mol. The first kappa shape index (κ1) is 19.7. The number of carbonyl (C=O) groups excluding carboxylic acids is 1. The van der Waals surface area contributed by atoms with E-state index in [2.05, 4.69) is 10.4 Å². The highest BCUT2D eigenvalue weighted by Crippen LogP contribution is 2.48. The Morgan fingerprint density at radius 3 is 2.15 bits per heavy atom. The Balaban J connectivity index is 2.02. The van der Waals surface area contributed by atoms with Crippen LogP contribution in [0, 0.1) is 0 Å². The molecule has 2 aromatic carbocycles. The molecule has 1 heterocycles. The van der Waals surface area contributed by atoms with Crippen LogP contribution in [0.5, 0.6) is 0 Å². The minimum atomic E-state index is -0.373. The summed E-state index contributed by atoms with van der Waals surface area (Å²) in [4.78, 5) is 16.7. The summed E-state index contributed by atoms with van der Waals surface area (Å²) in [5.74, 6) is -0.0566. The summed E-state index contributed by atoms with van der Waals surface area (Å²) in [6, 6.07) is 4.83. The van der Waals surface area contributed by atoms with Gasteiger partial charge in [-0.05, 0) is 18.2 Å². The first-order valence-electron chi connectivity index (χ1n) is 6.94. The van der Waals surface area contributed by atoms with E-state index in [0.717, 1.165) is 5.01 Å². The molecule has 1 aliphatic heterocycles. The van der Waals surface area contributed by atoms with Gasteiger partial charge in [0.05, 0.1) is 42.2 Å². The van der Waals surface area contributed by atoms with Gasteiger partial charge in [0.2, 0.25) is 0 Å². The first-order valence-corrected chi connectivity index (χ1v) is 9.21. The highest BCUT2D eigenvalue weighted by atomic mass is 35.5. The number of hydrogen-bond acceptors (Lipinski definition) is 3. The van der Waals surface area contributed by atoms with Gasteiger partial charge in [0.15, 0.2) is 0 Å². The molecule has 0 aromatic heterocycles. The fraction of sp³-hybridized carbons (Fsp3) is 0.0667. The maximum Gasteiger partial charge on any atom is 0.253 e. The van der Waals surface area contributed by atoms with Gasteiger partial charge in [0, 0.05) is 5.69 Å². The summed E-state index contributed by atoms with van der Waals surface area (Å²) in [5, 5.41) is 1.42. The highest BCUT2D eigenvalue weighted by molar-refractivity contribution is 6.57. The molecule has 0 saturated carbocycles. The van der Waals surface area contributed by atoms with Crippen LogP contribution >= 0.6 is 69.6 Å². The molecule has 0 bridgehead atoms. The third-order valence-corrected chi connectivity index (χ3v) is 6.02. The molecule has 0 atom stereocenters. The average molecular weight is 473 g/mol. The first-order chi connectivity index (χ1) is 12.2. The van der Waals surface area contributed by atoms with Gasteiger partial charge < -0.3 is 5.73 Å². The van der Waals surface area contributed by atoms with Crippen LogP contribution in [0.1, 0.15) is 6.42 Å². The van der Waals surface area contributed by atoms with Crippen molar-refractivity contribution >= 4 is 98.4 Å². The standard InChI is InChI=1S/C15H8Cl6N4O/c16-6-2-1-5(22)3-7(6)23-8-4-9(26)25(24-8)15-13(20)11(18)10(17)12(19)14(15)21/h1-3H,4,22H2,(H,23,24). The molecule has 1 fully saturated rings. The van der Waals surface area contributed by atoms with Crippen molar-refractivity contribution in [1.82, 2.24) is 5.43 Å². The third kappa shape index (κ3) is 3.52. The number of hydrogen-bond donors (Lipinski definition) is 2. The number of hydrazine groups is 1. The lowest BCUT2D eigenvalue weighted by atomic mass is 10.3. The van der Waals surface area contributed by atoms with Crippen molar-refractivity contribution in [3.63, 3.8) is 0 Å². The second-order valence-electron chi connectivity index (χ2n) is 5.21. The third-order valence-electron chi connectivity index (χ3n) is 3.44. The number of nitrogens with one attached hydrogen (secondary N) is 1. The lowest BCUT2D eigenvalue weighted by Crippen LogP contribution is -2.36. The maximum atomic E-state index is 12.4. The maximum absolute atomic E-state index is 12.4. The number of rotatable bonds is 2. The molecule has 3 rings (SSSR count). The van der Waals surface area contributed by atoms with Gasteiger partial charge in [-0.1, -0.05) is 69.6 Å². The topological polar surface area (TPSA) is 70.7 Å². The van der Waals surface area contributed by atoms with Gasteiger partial charge in [0.25, 0.3) is 5.91 Å². The molecule has 0 radical (unpaired) electrons. The molecular formula is C15H8Cl6N4O. The molecular weight excluding hydrogens is 465 g/mol. The van der Waals surface area contributed by atoms with E-state index in [1.165, 1.54) is 0 Å². The van der Waals surface area contributed by atoms with Gasteiger partial charge in [-0.2, -0.15) is 0 Å². The minimum Gasteiger partial charge on any atom is -0.399 e. The second kappa shape index (κ2) is 7.50. The molecule has 2 aromatic rings. The molecule has 1 amide bonds. The van der Waals surface area contributed by atoms with Gasteiger partial charge in [0.1, 0.15) is 11.5 Å². The van der Waals surface area contributed by atoms with Crippen molar-refractivity contribution in [2.75, 3.05) is 10.7 Å². The van der Waals surface area contributed by atoms with Crippen molar-refractivity contribution in [2.45, 2.75) is 6.42 Å². The van der Waals surface area contributed by atoms with Crippen molar-refractivity contribution < 1.29 is 4.79 Å². The fourth-order valence-electron chi connectivity index (χ4n) is 2.25. The van der Waals surface area contributed by atoms with E-state index in [0.29, 0.717) is 22.2 Å². The predicted molar refractivity (Wildman–Crippen MR) is 110 cm³/mol. The Bertz CT molecular complexity index is 933. The zero-order valence-electron chi connectivity index (χ0n) is 12.6. The molecule has 11 heteroatoms. The lowest BCUT2D eigenvalue weighted by Gasteiger charge is -2.21. The van der Waals surface area contributed by atoms with Gasteiger partial charge in [-0.3, -0.25) is 10.2 Å². The lowest BCUT2D eigenvalue weighted by molar-refractivity contribution is -0.116. The second-order valence-corrected chi connectivity index (χ2v) is 7.50. The molecule has 0 unspecified atom stereocenters. The van der Waals surface area contributed by atoms with E-state index in [4.69, 9.17) is 75.3 Å². The van der Waals surface area contributed by atoms with Crippen molar-refractivity contribution in [2.24, 2.45) is 4.99 Å². The van der Waals surface area contributed by atoms with E-state index in [1.54, 1.807) is 18.2 Å². The summed E-state index contributed by atoms with van der Waals surface area (Å²) in [6.45, 7) is 0. The number of amidine groups is 1. The zero-order valence-corrected chi connectivity index (χ0v) is 17.1. The summed E-state index contributed by atoms with van der Waals surface area (Å²) in [6.07, 6.45) is -0.0460. The smallest absolute Gasteiger partial charge is 0.253 e. The number of nitrogens with two attached hydrogens (primary N) is 1. The summed E-state index contributed by atoms with van der Waals surface area (Å²) < 4.78 is 0. The number of nitrogens with zero attached hydrogens (tertiary/aromatic N) is 2. The van der Waals surface area contributed by atoms with Crippen molar-refractivity contribution in [1.29, 1.82) is 0 Å². The molecule has 136 valence electrons. The Hall–Kier alpha value is -1.08. The normalized spacial score (nSPS) is 15.7. The minimum absolute atomic E-state index is 0.000776. The number of benzene rings is 2. The fourth-order valence-corrected chi connectivity index (χ4v) is 3.71. The SMILES string of the molecule is Nc1ccc(Cl)c(N=C2CC(=O)N(c3c(Cl)c(Cl)c(Cl)c(Cl)c3Cl)N2)c1. The van der Waals surface area contributed by atoms with Gasteiger partial charge in [-0.15, -0.1) is 0 Å². The van der Waals surface area contributed by atoms with Crippen molar-refractivity contribution in [3.8, 4) is 0 Å². The van der Waals surface area contributed by atoms with Gasteiger partial charge in [-0.25, -0.2) is 10.0 Å². The summed E-state index contributed by atoms with van der Waals surface area (Å²) in [7, 11) is 0. The summed E-state index contributed by atoms with van der Waals surface area (Å²) in [5.41, 5.74) is 9.52. The molecule has 0 spiro atoms. The van der Waals surface area contributed by atoms with Crippen LogP contribution in [0.25, 0.3) is 0 Å². The van der Waals surface area contributed by atoms with E-state index in [-0.39, 0.29) is 43.1 Å². The quantitative estimate of drug-likeness (QED) is 0.312. The Kier molecular flexibility index (Phi) is 5.68. The van der Waals surface area contributed by atoms with E-state index in [9.17, 15) is 4.79 Å². The summed E-state index contributed by atoms with van der Waals surface area (Å²) >= 11 is 36.6. The van der Waals surface area contributed by atoms with Gasteiger partial charge >= 0.3 is 0 Å². The molecule has 0 aliphatic carbocycles. The predicted octanol–water partition coefficient (Wildman–Crippen LogP) is 6.16. The van der Waals surface area contributed by atoms with Crippen LogP contribution in [0.4, 0.5) is 17.1 Å². The van der Waals surface area contributed by atoms with Crippen LogP contribution < -0.4 is 16.2 Å². The number of amides is 1. The van der Waals surface area contributed by atoms with Crippen LogP contribution in [-0.2, 0) is 4.79 Å². The highest BCUT2D eigenvalue weighted by Gasteiger charge is 2.33. The zero-order chi connectivity index (χ0) is 19.2. The Labute approximate surface area is 178 Å². The van der Waals surface area contributed by atoms with Crippen molar-refractivity contribution in [3.05, 3.63) is 48.3 Å². The average Bonchev–Trinajstić information content (AvgIpc) is 2.95. The molecule has 3 N–H and O–H groups in total. The van der Waals surface area contributed by atoms with E-state index >= 15 is 0 Å². The van der Waals surface area contributed by atoms with Crippen LogP contribution in [0.15, 0.2) is 23.2 Å². The number of nitrogen functional groups attached to an aromatic ring is 1. The number of anilines is 2. The number of halogens is 6. The van der Waals surface area contributed by atoms with Crippen LogP contribution in [0.2, 0.25) is 30.1 Å². The number of carbonyl (C=O) groups is 1. The molecule has 5 nitrogen and oxygen atoms in total.